The second-order valence-electron chi connectivity index (χ2n) is 4.46. The summed E-state index contributed by atoms with van der Waals surface area (Å²) in [5.74, 6) is 0.490. The first-order chi connectivity index (χ1) is 5.90. The summed E-state index contributed by atoms with van der Waals surface area (Å²) in [5, 5.41) is 11.6. The van der Waals surface area contributed by atoms with Crippen molar-refractivity contribution in [2.24, 2.45) is 11.3 Å². The molecule has 0 saturated carbocycles. The van der Waals surface area contributed by atoms with Crippen LogP contribution in [0.15, 0.2) is 0 Å². The molecule has 0 aliphatic rings. The van der Waals surface area contributed by atoms with Crippen molar-refractivity contribution >= 4 is 5.91 Å². The van der Waals surface area contributed by atoms with Gasteiger partial charge >= 0.3 is 0 Å². The Morgan fingerprint density at radius 2 is 2.00 bits per heavy atom. The summed E-state index contributed by atoms with van der Waals surface area (Å²) in [6.45, 7) is 8.56. The Morgan fingerprint density at radius 3 is 2.38 bits per heavy atom. The fourth-order valence-corrected chi connectivity index (χ4v) is 0.929. The quantitative estimate of drug-likeness (QED) is 0.678. The lowest BCUT2D eigenvalue weighted by Gasteiger charge is -2.22. The monoisotopic (exact) mass is 187 g/mol. The van der Waals surface area contributed by atoms with Crippen LogP contribution in [0.5, 0.6) is 0 Å². The first-order valence-corrected chi connectivity index (χ1v) is 4.79. The third-order valence-electron chi connectivity index (χ3n) is 2.02. The van der Waals surface area contributed by atoms with Gasteiger partial charge in [-0.15, -0.1) is 0 Å². The number of aliphatic hydroxyl groups is 1. The first-order valence-electron chi connectivity index (χ1n) is 4.79. The number of rotatable bonds is 5. The van der Waals surface area contributed by atoms with E-state index in [1.807, 2.05) is 13.8 Å². The van der Waals surface area contributed by atoms with Crippen molar-refractivity contribution < 1.29 is 9.90 Å². The number of hydrogen-bond donors (Lipinski definition) is 2. The lowest BCUT2D eigenvalue weighted by molar-refractivity contribution is -0.130. The largest absolute Gasteiger partial charge is 0.396 e. The van der Waals surface area contributed by atoms with Crippen LogP contribution in [0.3, 0.4) is 0 Å². The molecule has 0 bridgehead atoms. The molecule has 0 aliphatic carbocycles. The van der Waals surface area contributed by atoms with E-state index in [0.29, 0.717) is 18.9 Å². The van der Waals surface area contributed by atoms with Crippen LogP contribution >= 0.6 is 0 Å². The Morgan fingerprint density at radius 1 is 1.46 bits per heavy atom. The minimum atomic E-state index is -0.455. The highest BCUT2D eigenvalue weighted by Crippen LogP contribution is 2.19. The van der Waals surface area contributed by atoms with Gasteiger partial charge in [-0.25, -0.2) is 0 Å². The summed E-state index contributed by atoms with van der Waals surface area (Å²) in [7, 11) is 0. The van der Waals surface area contributed by atoms with E-state index in [-0.39, 0.29) is 12.5 Å². The lowest BCUT2D eigenvalue weighted by atomic mass is 9.88. The Hall–Kier alpha value is -0.570. The molecule has 1 amide bonds. The molecule has 0 atom stereocenters. The van der Waals surface area contributed by atoms with Crippen LogP contribution < -0.4 is 5.32 Å². The Bertz CT molecular complexity index is 164. The molecule has 0 radical (unpaired) electrons. The lowest BCUT2D eigenvalue weighted by Crippen LogP contribution is -2.39. The molecule has 0 fully saturated rings. The Labute approximate surface area is 80.5 Å². The maximum absolute atomic E-state index is 11.5. The zero-order valence-corrected chi connectivity index (χ0v) is 9.05. The van der Waals surface area contributed by atoms with Crippen molar-refractivity contribution in [3.63, 3.8) is 0 Å². The summed E-state index contributed by atoms with van der Waals surface area (Å²) < 4.78 is 0. The SMILES string of the molecule is CC(C)CNC(=O)C(C)(C)CCO. The van der Waals surface area contributed by atoms with Crippen LogP contribution in [-0.4, -0.2) is 24.2 Å². The molecule has 0 aromatic rings. The van der Waals surface area contributed by atoms with E-state index in [1.54, 1.807) is 0 Å². The summed E-state index contributed by atoms with van der Waals surface area (Å²) >= 11 is 0. The van der Waals surface area contributed by atoms with Crippen LogP contribution in [-0.2, 0) is 4.79 Å². The van der Waals surface area contributed by atoms with Crippen LogP contribution in [0.2, 0.25) is 0 Å². The van der Waals surface area contributed by atoms with E-state index < -0.39 is 5.41 Å². The van der Waals surface area contributed by atoms with E-state index in [2.05, 4.69) is 19.2 Å². The van der Waals surface area contributed by atoms with Crippen molar-refractivity contribution in [1.29, 1.82) is 0 Å². The van der Waals surface area contributed by atoms with Gasteiger partial charge in [-0.3, -0.25) is 4.79 Å². The zero-order valence-electron chi connectivity index (χ0n) is 9.05. The number of nitrogens with one attached hydrogen (secondary N) is 1. The second-order valence-corrected chi connectivity index (χ2v) is 4.46. The minimum Gasteiger partial charge on any atom is -0.396 e. The molecule has 0 aromatic carbocycles. The number of carbonyl (C=O) groups is 1. The molecule has 0 heterocycles. The molecule has 0 aliphatic heterocycles. The number of aliphatic hydroxyl groups excluding tert-OH is 1. The predicted molar refractivity (Wildman–Crippen MR) is 53.3 cm³/mol. The topological polar surface area (TPSA) is 49.3 Å². The van der Waals surface area contributed by atoms with Gasteiger partial charge in [-0.2, -0.15) is 0 Å². The number of amides is 1. The Kier molecular flexibility index (Phi) is 4.99. The normalized spacial score (nSPS) is 11.8. The van der Waals surface area contributed by atoms with Gasteiger partial charge in [0.05, 0.1) is 0 Å². The van der Waals surface area contributed by atoms with Crippen LogP contribution in [0, 0.1) is 11.3 Å². The number of hydrogen-bond acceptors (Lipinski definition) is 2. The molecule has 0 aromatic heterocycles. The van der Waals surface area contributed by atoms with E-state index in [1.165, 1.54) is 0 Å². The van der Waals surface area contributed by atoms with Crippen molar-refractivity contribution in [3.8, 4) is 0 Å². The van der Waals surface area contributed by atoms with Gasteiger partial charge in [0.2, 0.25) is 5.91 Å². The van der Waals surface area contributed by atoms with E-state index in [0.717, 1.165) is 0 Å². The molecule has 0 unspecified atom stereocenters. The maximum atomic E-state index is 11.5. The van der Waals surface area contributed by atoms with Gasteiger partial charge in [0.15, 0.2) is 0 Å². The highest BCUT2D eigenvalue weighted by Gasteiger charge is 2.26. The Balaban J connectivity index is 3.94. The second kappa shape index (κ2) is 5.22. The fraction of sp³-hybridized carbons (Fsp3) is 0.900. The van der Waals surface area contributed by atoms with Gasteiger partial charge in [0.25, 0.3) is 0 Å². The fourth-order valence-electron chi connectivity index (χ4n) is 0.929. The van der Waals surface area contributed by atoms with E-state index in [4.69, 9.17) is 5.11 Å². The third kappa shape index (κ3) is 4.88. The molecule has 3 nitrogen and oxygen atoms in total. The number of carbonyl (C=O) groups excluding carboxylic acids is 1. The summed E-state index contributed by atoms with van der Waals surface area (Å²) in [4.78, 5) is 11.5. The molecule has 3 heteroatoms. The molecular formula is C10H21NO2. The van der Waals surface area contributed by atoms with Gasteiger partial charge in [0, 0.05) is 18.6 Å². The van der Waals surface area contributed by atoms with Crippen molar-refractivity contribution in [3.05, 3.63) is 0 Å². The first kappa shape index (κ1) is 12.4. The molecule has 78 valence electrons. The average molecular weight is 187 g/mol. The van der Waals surface area contributed by atoms with Crippen molar-refractivity contribution in [1.82, 2.24) is 5.32 Å². The van der Waals surface area contributed by atoms with Gasteiger partial charge < -0.3 is 10.4 Å². The molecule has 0 saturated heterocycles. The van der Waals surface area contributed by atoms with Crippen molar-refractivity contribution in [2.75, 3.05) is 13.2 Å². The van der Waals surface area contributed by atoms with Crippen LogP contribution in [0.25, 0.3) is 0 Å². The summed E-state index contributed by atoms with van der Waals surface area (Å²) in [5.41, 5.74) is -0.455. The summed E-state index contributed by atoms with van der Waals surface area (Å²) in [6.07, 6.45) is 0.511. The predicted octanol–water partition coefficient (Wildman–Crippen LogP) is 1.17. The van der Waals surface area contributed by atoms with E-state index >= 15 is 0 Å². The maximum Gasteiger partial charge on any atom is 0.225 e. The molecule has 2 N–H and O–H groups in total. The molecular weight excluding hydrogens is 166 g/mol. The molecule has 0 spiro atoms. The van der Waals surface area contributed by atoms with Crippen LogP contribution in [0.1, 0.15) is 34.1 Å². The molecule has 13 heavy (non-hydrogen) atoms. The standard InChI is InChI=1S/C10H21NO2/c1-8(2)7-11-9(13)10(3,4)5-6-12/h8,12H,5-7H2,1-4H3,(H,11,13). The molecule has 0 rings (SSSR count). The summed E-state index contributed by atoms with van der Waals surface area (Å²) in [6, 6.07) is 0. The highest BCUT2D eigenvalue weighted by molar-refractivity contribution is 5.81. The highest BCUT2D eigenvalue weighted by atomic mass is 16.3. The van der Waals surface area contributed by atoms with Crippen molar-refractivity contribution in [2.45, 2.75) is 34.1 Å². The van der Waals surface area contributed by atoms with E-state index in [9.17, 15) is 4.79 Å². The zero-order chi connectivity index (χ0) is 10.5. The average Bonchev–Trinajstić information content (AvgIpc) is 1.99. The van der Waals surface area contributed by atoms with Gasteiger partial charge in [-0.05, 0) is 12.3 Å². The minimum absolute atomic E-state index is 0.0234. The van der Waals surface area contributed by atoms with Crippen LogP contribution in [0.4, 0.5) is 0 Å². The third-order valence-corrected chi connectivity index (χ3v) is 2.02. The smallest absolute Gasteiger partial charge is 0.225 e. The van der Waals surface area contributed by atoms with Gasteiger partial charge in [0.1, 0.15) is 0 Å². The van der Waals surface area contributed by atoms with Gasteiger partial charge in [-0.1, -0.05) is 27.7 Å².